The molecule has 0 saturated heterocycles. The number of ketones is 1. The Balaban J connectivity index is 2.30. The van der Waals surface area contributed by atoms with Crippen molar-refractivity contribution in [3.05, 3.63) is 58.3 Å². The van der Waals surface area contributed by atoms with Crippen LogP contribution in [0.1, 0.15) is 17.3 Å². The van der Waals surface area contributed by atoms with Gasteiger partial charge in [0.25, 0.3) is 0 Å². The second-order valence-corrected chi connectivity index (χ2v) is 4.59. The molecule has 0 radical (unpaired) electrons. The number of halogens is 2. The Morgan fingerprint density at radius 1 is 1.17 bits per heavy atom. The lowest BCUT2D eigenvalue weighted by atomic mass is 10.1. The molecule has 0 bridgehead atoms. The van der Waals surface area contributed by atoms with Crippen LogP contribution < -0.4 is 4.74 Å². The van der Waals surface area contributed by atoms with E-state index in [1.54, 1.807) is 36.4 Å². The Bertz CT molecular complexity index is 596. The average molecular weight is 309 g/mol. The van der Waals surface area contributed by atoms with Crippen LogP contribution in [0.2, 0.25) is 0 Å². The first-order chi connectivity index (χ1) is 8.58. The van der Waals surface area contributed by atoms with Crippen LogP contribution in [0.25, 0.3) is 0 Å². The number of hydrogen-bond donors (Lipinski definition) is 0. The molecule has 0 saturated carbocycles. The summed E-state index contributed by atoms with van der Waals surface area (Å²) in [5.41, 5.74) is 0.572. The molecule has 0 aromatic heterocycles. The highest BCUT2D eigenvalue weighted by molar-refractivity contribution is 9.10. The molecule has 0 atom stereocenters. The molecule has 0 spiro atoms. The minimum Gasteiger partial charge on any atom is -0.453 e. The number of hydrogen-bond acceptors (Lipinski definition) is 2. The molecule has 2 aromatic rings. The fraction of sp³-hybridized carbons (Fsp3) is 0.0714. The summed E-state index contributed by atoms with van der Waals surface area (Å²) in [4.78, 5) is 11.2. The van der Waals surface area contributed by atoms with Gasteiger partial charge in [0.05, 0.1) is 4.47 Å². The van der Waals surface area contributed by atoms with Crippen LogP contribution in [0.5, 0.6) is 11.5 Å². The molecular weight excluding hydrogens is 299 g/mol. The van der Waals surface area contributed by atoms with Crippen LogP contribution >= 0.6 is 15.9 Å². The number of rotatable bonds is 3. The zero-order valence-electron chi connectivity index (χ0n) is 9.61. The first-order valence-electron chi connectivity index (χ1n) is 5.31. The van der Waals surface area contributed by atoms with Crippen LogP contribution in [0, 0.1) is 5.82 Å². The Kier molecular flexibility index (Phi) is 3.77. The maximum Gasteiger partial charge on any atom is 0.165 e. The molecule has 2 rings (SSSR count). The van der Waals surface area contributed by atoms with Crippen molar-refractivity contribution in [2.75, 3.05) is 0 Å². The molecule has 0 aliphatic rings. The zero-order valence-corrected chi connectivity index (χ0v) is 11.2. The molecule has 2 aromatic carbocycles. The number of Topliss-reactive ketones (excluding diaryl/α,β-unsaturated/α-hetero) is 1. The van der Waals surface area contributed by atoms with Gasteiger partial charge >= 0.3 is 0 Å². The lowest BCUT2D eigenvalue weighted by Crippen LogP contribution is -1.94. The van der Waals surface area contributed by atoms with E-state index in [-0.39, 0.29) is 11.5 Å². The highest BCUT2D eigenvalue weighted by Crippen LogP contribution is 2.31. The first-order valence-corrected chi connectivity index (χ1v) is 6.10. The fourth-order valence-electron chi connectivity index (χ4n) is 1.45. The number of carbonyl (C=O) groups is 1. The van der Waals surface area contributed by atoms with Crippen molar-refractivity contribution in [1.29, 1.82) is 0 Å². The predicted octanol–water partition coefficient (Wildman–Crippen LogP) is 4.58. The van der Waals surface area contributed by atoms with Gasteiger partial charge in [-0.25, -0.2) is 4.39 Å². The zero-order chi connectivity index (χ0) is 13.1. The van der Waals surface area contributed by atoms with E-state index < -0.39 is 5.82 Å². The van der Waals surface area contributed by atoms with Crippen LogP contribution in [0.4, 0.5) is 4.39 Å². The van der Waals surface area contributed by atoms with Gasteiger partial charge in [-0.3, -0.25) is 4.79 Å². The smallest absolute Gasteiger partial charge is 0.165 e. The maximum atomic E-state index is 13.4. The summed E-state index contributed by atoms with van der Waals surface area (Å²) in [6.45, 7) is 1.49. The second kappa shape index (κ2) is 5.31. The minimum atomic E-state index is -0.431. The predicted molar refractivity (Wildman–Crippen MR) is 70.6 cm³/mol. The molecule has 4 heteroatoms. The normalized spacial score (nSPS) is 10.2. The molecule has 0 fully saturated rings. The van der Waals surface area contributed by atoms with Gasteiger partial charge in [-0.2, -0.15) is 0 Å². The molecule has 0 unspecified atom stereocenters. The Hall–Kier alpha value is -1.68. The standard InChI is InChI=1S/C14H10BrFO2/c1-9(17)10-6-7-13(11(15)8-10)18-14-5-3-2-4-12(14)16/h2-8H,1H3. The molecule has 0 N–H and O–H groups in total. The summed E-state index contributed by atoms with van der Waals surface area (Å²) in [5, 5.41) is 0. The van der Waals surface area contributed by atoms with E-state index in [4.69, 9.17) is 4.74 Å². The van der Waals surface area contributed by atoms with Gasteiger partial charge in [0.1, 0.15) is 5.75 Å². The van der Waals surface area contributed by atoms with E-state index in [9.17, 15) is 9.18 Å². The highest BCUT2D eigenvalue weighted by atomic mass is 79.9. The molecule has 0 heterocycles. The van der Waals surface area contributed by atoms with Crippen LogP contribution in [-0.2, 0) is 0 Å². The third kappa shape index (κ3) is 2.76. The highest BCUT2D eigenvalue weighted by Gasteiger charge is 2.08. The summed E-state index contributed by atoms with van der Waals surface area (Å²) in [6, 6.07) is 11.1. The van der Waals surface area contributed by atoms with Gasteiger partial charge in [-0.05, 0) is 53.2 Å². The van der Waals surface area contributed by atoms with Crippen molar-refractivity contribution < 1.29 is 13.9 Å². The minimum absolute atomic E-state index is 0.0341. The van der Waals surface area contributed by atoms with Crippen LogP contribution in [-0.4, -0.2) is 5.78 Å². The van der Waals surface area contributed by atoms with Gasteiger partial charge in [0.2, 0.25) is 0 Å². The SMILES string of the molecule is CC(=O)c1ccc(Oc2ccccc2F)c(Br)c1. The van der Waals surface area contributed by atoms with E-state index in [1.807, 2.05) is 0 Å². The molecule has 92 valence electrons. The van der Waals surface area contributed by atoms with E-state index in [0.29, 0.717) is 15.8 Å². The van der Waals surface area contributed by atoms with Gasteiger partial charge in [-0.15, -0.1) is 0 Å². The second-order valence-electron chi connectivity index (χ2n) is 3.73. The maximum absolute atomic E-state index is 13.4. The van der Waals surface area contributed by atoms with Gasteiger partial charge < -0.3 is 4.74 Å². The Labute approximate surface area is 113 Å². The summed E-state index contributed by atoms with van der Waals surface area (Å²) < 4.78 is 19.5. The number of para-hydroxylation sites is 1. The monoisotopic (exact) mass is 308 g/mol. The topological polar surface area (TPSA) is 26.3 Å². The van der Waals surface area contributed by atoms with Crippen molar-refractivity contribution in [2.45, 2.75) is 6.92 Å². The van der Waals surface area contributed by atoms with Gasteiger partial charge in [0.15, 0.2) is 17.3 Å². The molecule has 2 nitrogen and oxygen atoms in total. The van der Waals surface area contributed by atoms with E-state index in [1.165, 1.54) is 13.0 Å². The van der Waals surface area contributed by atoms with Gasteiger partial charge in [-0.1, -0.05) is 12.1 Å². The number of ether oxygens (including phenoxy) is 1. The summed E-state index contributed by atoms with van der Waals surface area (Å²) in [7, 11) is 0. The number of carbonyl (C=O) groups excluding carboxylic acids is 1. The largest absolute Gasteiger partial charge is 0.453 e. The van der Waals surface area contributed by atoms with Crippen LogP contribution in [0.3, 0.4) is 0 Å². The fourth-order valence-corrected chi connectivity index (χ4v) is 1.91. The first kappa shape index (κ1) is 12.8. The Morgan fingerprint density at radius 3 is 2.50 bits per heavy atom. The molecular formula is C14H10BrFO2. The van der Waals surface area contributed by atoms with Crippen molar-refractivity contribution in [3.8, 4) is 11.5 Å². The molecule has 0 aliphatic carbocycles. The molecule has 0 amide bonds. The quantitative estimate of drug-likeness (QED) is 0.776. The average Bonchev–Trinajstić information content (AvgIpc) is 2.34. The summed E-state index contributed by atoms with van der Waals surface area (Å²) in [6.07, 6.45) is 0. The molecule has 18 heavy (non-hydrogen) atoms. The van der Waals surface area contributed by atoms with Crippen molar-refractivity contribution >= 4 is 21.7 Å². The van der Waals surface area contributed by atoms with E-state index in [0.717, 1.165) is 0 Å². The lowest BCUT2D eigenvalue weighted by Gasteiger charge is -2.09. The molecule has 0 aliphatic heterocycles. The summed E-state index contributed by atoms with van der Waals surface area (Å²) >= 11 is 3.30. The van der Waals surface area contributed by atoms with E-state index in [2.05, 4.69) is 15.9 Å². The van der Waals surface area contributed by atoms with Crippen molar-refractivity contribution in [2.24, 2.45) is 0 Å². The van der Waals surface area contributed by atoms with E-state index >= 15 is 0 Å². The Morgan fingerprint density at radius 2 is 1.89 bits per heavy atom. The summed E-state index contributed by atoms with van der Waals surface area (Å²) in [5.74, 6) is 0.145. The van der Waals surface area contributed by atoms with Crippen molar-refractivity contribution in [3.63, 3.8) is 0 Å². The van der Waals surface area contributed by atoms with Crippen molar-refractivity contribution in [1.82, 2.24) is 0 Å². The number of benzene rings is 2. The third-order valence-corrected chi connectivity index (χ3v) is 3.01. The van der Waals surface area contributed by atoms with Crippen LogP contribution in [0.15, 0.2) is 46.9 Å². The van der Waals surface area contributed by atoms with Gasteiger partial charge in [0, 0.05) is 5.56 Å². The third-order valence-electron chi connectivity index (χ3n) is 2.39. The lowest BCUT2D eigenvalue weighted by molar-refractivity contribution is 0.101.